The van der Waals surface area contributed by atoms with E-state index in [0.717, 1.165) is 0 Å². The third-order valence-corrected chi connectivity index (χ3v) is 2.33. The molecular formula is C6H7N3O3S. The molecule has 0 fully saturated rings. The number of hydrogen-bond acceptors (Lipinski definition) is 4. The van der Waals surface area contributed by atoms with Gasteiger partial charge >= 0.3 is 0 Å². The van der Waals surface area contributed by atoms with E-state index in [0.29, 0.717) is 0 Å². The summed E-state index contributed by atoms with van der Waals surface area (Å²) < 4.78 is 11.1. The molecule has 7 heteroatoms. The molecule has 1 unspecified atom stereocenters. The van der Waals surface area contributed by atoms with Crippen LogP contribution in [0.25, 0.3) is 0 Å². The van der Waals surface area contributed by atoms with Crippen LogP contribution in [0.3, 0.4) is 0 Å². The van der Waals surface area contributed by atoms with Crippen LogP contribution in [0.5, 0.6) is 0 Å². The molecular weight excluding hydrogens is 194 g/mol. The number of hydrogen-bond donors (Lipinski definition) is 2. The molecule has 0 aliphatic carbocycles. The first-order valence-corrected chi connectivity index (χ1v) is 4.43. The monoisotopic (exact) mass is 201 g/mol. The van der Waals surface area contributed by atoms with E-state index < -0.39 is 15.9 Å². The van der Waals surface area contributed by atoms with Crippen LogP contribution in [0.1, 0.15) is 0 Å². The van der Waals surface area contributed by atoms with E-state index in [4.69, 9.17) is 5.84 Å². The Kier molecular flexibility index (Phi) is 3.07. The maximum Gasteiger partial charge on any atom is 0.286 e. The first kappa shape index (κ1) is 9.78. The Bertz CT molecular complexity index is 355. The summed E-state index contributed by atoms with van der Waals surface area (Å²) in [5.41, 5.74) is -0.209. The third kappa shape index (κ3) is 2.08. The Morgan fingerprint density at radius 3 is 2.62 bits per heavy atom. The lowest BCUT2D eigenvalue weighted by Gasteiger charge is -1.99. The molecule has 0 heterocycles. The van der Waals surface area contributed by atoms with Gasteiger partial charge in [-0.3, -0.25) is 16.0 Å². The number of rotatable bonds is 3. The molecule has 0 aliphatic rings. The molecule has 1 atom stereocenters. The number of para-hydroxylation sites is 1. The Balaban J connectivity index is 3.19. The van der Waals surface area contributed by atoms with E-state index in [1.54, 1.807) is 6.07 Å². The van der Waals surface area contributed by atoms with Crippen molar-refractivity contribution in [2.45, 2.75) is 4.90 Å². The van der Waals surface area contributed by atoms with Crippen LogP contribution in [-0.4, -0.2) is 9.13 Å². The van der Waals surface area contributed by atoms with Gasteiger partial charge in [-0.1, -0.05) is 12.1 Å². The van der Waals surface area contributed by atoms with Crippen LogP contribution in [-0.2, 0) is 11.0 Å². The quantitative estimate of drug-likeness (QED) is 0.411. The first-order valence-electron chi connectivity index (χ1n) is 3.28. The Hall–Kier alpha value is -1.31. The molecule has 1 aromatic carbocycles. The standard InChI is InChI=1S/C6H7N3O3S/c7-8-13(12)6-4-2-1-3-5(6)9(10)11/h1-4,8H,7H2. The van der Waals surface area contributed by atoms with Gasteiger partial charge in [0.15, 0.2) is 0 Å². The fourth-order valence-corrected chi connectivity index (χ4v) is 1.49. The highest BCUT2D eigenvalue weighted by Gasteiger charge is 2.16. The average molecular weight is 201 g/mol. The highest BCUT2D eigenvalue weighted by Crippen LogP contribution is 2.19. The van der Waals surface area contributed by atoms with Crippen molar-refractivity contribution in [2.75, 3.05) is 0 Å². The lowest BCUT2D eigenvalue weighted by Crippen LogP contribution is -2.25. The molecule has 1 aromatic rings. The molecule has 0 saturated heterocycles. The molecule has 0 aliphatic heterocycles. The van der Waals surface area contributed by atoms with E-state index in [1.807, 2.05) is 4.83 Å². The minimum Gasteiger partial charge on any atom is -0.259 e. The predicted octanol–water partition coefficient (Wildman–Crippen LogP) is 0.0807. The van der Waals surface area contributed by atoms with Gasteiger partial charge in [-0.2, -0.15) is 4.83 Å². The second-order valence-electron chi connectivity index (χ2n) is 2.11. The van der Waals surface area contributed by atoms with Crippen LogP contribution < -0.4 is 10.7 Å². The molecule has 70 valence electrons. The van der Waals surface area contributed by atoms with E-state index >= 15 is 0 Å². The van der Waals surface area contributed by atoms with Crippen molar-refractivity contribution in [2.24, 2.45) is 5.84 Å². The zero-order chi connectivity index (χ0) is 9.84. The second kappa shape index (κ2) is 4.08. The van der Waals surface area contributed by atoms with Gasteiger partial charge in [0.1, 0.15) is 15.9 Å². The highest BCUT2D eigenvalue weighted by molar-refractivity contribution is 7.83. The van der Waals surface area contributed by atoms with Crippen LogP contribution in [0.15, 0.2) is 29.2 Å². The predicted molar refractivity (Wildman–Crippen MR) is 46.8 cm³/mol. The molecule has 0 aromatic heterocycles. The lowest BCUT2D eigenvalue weighted by atomic mass is 10.3. The second-order valence-corrected chi connectivity index (χ2v) is 3.32. The molecule has 0 bridgehead atoms. The normalized spacial score (nSPS) is 12.4. The van der Waals surface area contributed by atoms with Crippen molar-refractivity contribution >= 4 is 16.7 Å². The van der Waals surface area contributed by atoms with Crippen molar-refractivity contribution in [3.05, 3.63) is 34.4 Å². The molecule has 13 heavy (non-hydrogen) atoms. The van der Waals surface area contributed by atoms with Crippen LogP contribution >= 0.6 is 0 Å². The average Bonchev–Trinajstić information content (AvgIpc) is 2.16. The van der Waals surface area contributed by atoms with Gasteiger partial charge in [0.2, 0.25) is 0 Å². The maximum atomic E-state index is 11.1. The topological polar surface area (TPSA) is 98.3 Å². The number of nitro benzene ring substituents is 1. The van der Waals surface area contributed by atoms with Gasteiger partial charge < -0.3 is 0 Å². The molecule has 0 amide bonds. The SMILES string of the molecule is NNS(=O)c1ccccc1[N+](=O)[O-]. The largest absolute Gasteiger partial charge is 0.286 e. The van der Waals surface area contributed by atoms with E-state index in [2.05, 4.69) is 0 Å². The van der Waals surface area contributed by atoms with Crippen LogP contribution in [0.4, 0.5) is 5.69 Å². The summed E-state index contributed by atoms with van der Waals surface area (Å²) in [6.07, 6.45) is 0. The van der Waals surface area contributed by atoms with E-state index in [9.17, 15) is 14.3 Å². The fourth-order valence-electron chi connectivity index (χ4n) is 0.828. The summed E-state index contributed by atoms with van der Waals surface area (Å²) >= 11 is 0. The van der Waals surface area contributed by atoms with Gasteiger partial charge in [-0.25, -0.2) is 4.21 Å². The Labute approximate surface area is 76.5 Å². The summed E-state index contributed by atoms with van der Waals surface area (Å²) in [6.45, 7) is 0. The molecule has 3 N–H and O–H groups in total. The number of nitrogens with zero attached hydrogens (tertiary/aromatic N) is 1. The summed E-state index contributed by atoms with van der Waals surface area (Å²) in [6, 6.07) is 5.70. The van der Waals surface area contributed by atoms with Gasteiger partial charge in [-0.05, 0) is 6.07 Å². The molecule has 0 saturated carbocycles. The third-order valence-electron chi connectivity index (χ3n) is 1.37. The van der Waals surface area contributed by atoms with E-state index in [-0.39, 0.29) is 10.6 Å². The summed E-state index contributed by atoms with van der Waals surface area (Å²) in [5, 5.41) is 10.4. The summed E-state index contributed by atoms with van der Waals surface area (Å²) in [7, 11) is -1.74. The molecule has 0 spiro atoms. The maximum absolute atomic E-state index is 11.1. The fraction of sp³-hybridized carbons (Fsp3) is 0. The number of hydrazine groups is 1. The summed E-state index contributed by atoms with van der Waals surface area (Å²) in [4.78, 5) is 11.8. The molecule has 0 radical (unpaired) electrons. The number of benzene rings is 1. The van der Waals surface area contributed by atoms with E-state index in [1.165, 1.54) is 18.2 Å². The smallest absolute Gasteiger partial charge is 0.259 e. The van der Waals surface area contributed by atoms with Crippen molar-refractivity contribution < 1.29 is 9.13 Å². The van der Waals surface area contributed by atoms with Crippen molar-refractivity contribution in [3.63, 3.8) is 0 Å². The first-order chi connectivity index (χ1) is 6.16. The van der Waals surface area contributed by atoms with Gasteiger partial charge in [0.25, 0.3) is 5.69 Å². The zero-order valence-electron chi connectivity index (χ0n) is 6.47. The number of nitro groups is 1. The summed E-state index contributed by atoms with van der Waals surface area (Å²) in [5.74, 6) is 4.90. The van der Waals surface area contributed by atoms with Crippen LogP contribution in [0, 0.1) is 10.1 Å². The van der Waals surface area contributed by atoms with Gasteiger partial charge in [0, 0.05) is 6.07 Å². The zero-order valence-corrected chi connectivity index (χ0v) is 7.28. The molecule has 1 rings (SSSR count). The Morgan fingerprint density at radius 2 is 2.08 bits per heavy atom. The number of nitrogens with one attached hydrogen (secondary N) is 1. The van der Waals surface area contributed by atoms with Crippen molar-refractivity contribution in [1.82, 2.24) is 4.83 Å². The van der Waals surface area contributed by atoms with Gasteiger partial charge in [-0.15, -0.1) is 0 Å². The lowest BCUT2D eigenvalue weighted by molar-refractivity contribution is -0.387. The van der Waals surface area contributed by atoms with Crippen molar-refractivity contribution in [1.29, 1.82) is 0 Å². The van der Waals surface area contributed by atoms with Crippen LogP contribution in [0.2, 0.25) is 0 Å². The highest BCUT2D eigenvalue weighted by atomic mass is 32.2. The minimum absolute atomic E-state index is 0.0648. The number of nitrogens with two attached hydrogens (primary N) is 1. The molecule has 6 nitrogen and oxygen atoms in total. The Morgan fingerprint density at radius 1 is 1.46 bits per heavy atom. The minimum atomic E-state index is -1.74. The van der Waals surface area contributed by atoms with Gasteiger partial charge in [0.05, 0.1) is 4.92 Å². The van der Waals surface area contributed by atoms with Crippen molar-refractivity contribution in [3.8, 4) is 0 Å².